The molecule has 142 valence electrons. The monoisotopic (exact) mass is 454 g/mol. The number of nitrogens with one attached hydrogen (secondary N) is 1. The molecule has 0 atom stereocenters. The molecule has 12 heteroatoms. The number of aromatic nitrogens is 5. The summed E-state index contributed by atoms with van der Waals surface area (Å²) in [6.45, 7) is 0. The summed E-state index contributed by atoms with van der Waals surface area (Å²) >= 11 is 14.7. The molecule has 7 nitrogen and oxygen atoms in total. The average molecular weight is 455 g/mol. The normalized spacial score (nSPS) is 11.1. The fourth-order valence-electron chi connectivity index (χ4n) is 2.25. The number of hydrogen-bond acceptors (Lipinski definition) is 7. The predicted molar refractivity (Wildman–Crippen MR) is 107 cm³/mol. The molecule has 0 aliphatic rings. The van der Waals surface area contributed by atoms with Crippen molar-refractivity contribution in [3.8, 4) is 0 Å². The van der Waals surface area contributed by atoms with E-state index in [9.17, 15) is 9.18 Å². The zero-order valence-electron chi connectivity index (χ0n) is 13.8. The summed E-state index contributed by atoms with van der Waals surface area (Å²) in [6, 6.07) is 7.06. The second-order valence-electron chi connectivity index (χ2n) is 5.43. The van der Waals surface area contributed by atoms with Crippen molar-refractivity contribution in [1.82, 2.24) is 24.8 Å². The lowest BCUT2D eigenvalue weighted by Gasteiger charge is -2.01. The summed E-state index contributed by atoms with van der Waals surface area (Å²) in [5.41, 5.74) is 0.978. The van der Waals surface area contributed by atoms with Crippen LogP contribution >= 0.6 is 46.3 Å². The van der Waals surface area contributed by atoms with E-state index < -0.39 is 5.91 Å². The van der Waals surface area contributed by atoms with E-state index in [1.54, 1.807) is 16.7 Å². The van der Waals surface area contributed by atoms with Gasteiger partial charge in [0.1, 0.15) is 10.8 Å². The van der Waals surface area contributed by atoms with Crippen LogP contribution in [0.15, 0.2) is 41.7 Å². The average Bonchev–Trinajstić information content (AvgIpc) is 3.29. The largest absolute Gasteiger partial charge is 0.320 e. The highest BCUT2D eigenvalue weighted by molar-refractivity contribution is 7.98. The molecule has 0 spiro atoms. The first-order valence-electron chi connectivity index (χ1n) is 7.71. The number of carbonyl (C=O) groups is 1. The van der Waals surface area contributed by atoms with Gasteiger partial charge in [-0.1, -0.05) is 46.3 Å². The number of anilines is 1. The van der Waals surface area contributed by atoms with Gasteiger partial charge in [-0.25, -0.2) is 4.39 Å². The minimum absolute atomic E-state index is 0.206. The SMILES string of the molecule is O=C(Nc1ccc(F)cc1)c1nnc(CSc2nnc3c(Cl)cc(Cl)cn23)s1. The van der Waals surface area contributed by atoms with Gasteiger partial charge in [-0.3, -0.25) is 9.20 Å². The van der Waals surface area contributed by atoms with Crippen LogP contribution in [-0.4, -0.2) is 30.7 Å². The van der Waals surface area contributed by atoms with Crippen LogP contribution in [0.25, 0.3) is 5.65 Å². The number of thioether (sulfide) groups is 1. The number of rotatable bonds is 5. The molecular formula is C16H9Cl2FN6OS2. The number of halogens is 3. The van der Waals surface area contributed by atoms with Gasteiger partial charge >= 0.3 is 0 Å². The second-order valence-corrected chi connectivity index (χ2v) is 8.28. The van der Waals surface area contributed by atoms with Crippen LogP contribution in [-0.2, 0) is 5.75 Å². The number of benzene rings is 1. The number of nitrogens with zero attached hydrogens (tertiary/aromatic N) is 5. The van der Waals surface area contributed by atoms with Crippen LogP contribution in [0.4, 0.5) is 10.1 Å². The zero-order chi connectivity index (χ0) is 19.7. The first kappa shape index (κ1) is 19.1. The Hall–Kier alpha value is -2.27. The van der Waals surface area contributed by atoms with Gasteiger partial charge in [0.05, 0.1) is 15.8 Å². The Morgan fingerprint density at radius 3 is 2.75 bits per heavy atom. The molecule has 0 radical (unpaired) electrons. The molecule has 0 fully saturated rings. The smallest absolute Gasteiger partial charge is 0.286 e. The van der Waals surface area contributed by atoms with Crippen molar-refractivity contribution in [3.05, 3.63) is 62.4 Å². The minimum atomic E-state index is -0.410. The van der Waals surface area contributed by atoms with Crippen LogP contribution in [0.3, 0.4) is 0 Å². The molecule has 0 aliphatic heterocycles. The highest BCUT2D eigenvalue weighted by Gasteiger charge is 2.15. The van der Waals surface area contributed by atoms with Gasteiger partial charge in [-0.05, 0) is 30.3 Å². The Morgan fingerprint density at radius 2 is 1.96 bits per heavy atom. The van der Waals surface area contributed by atoms with E-state index in [2.05, 4.69) is 25.7 Å². The maximum absolute atomic E-state index is 12.9. The molecule has 3 aromatic heterocycles. The van der Waals surface area contributed by atoms with E-state index in [0.29, 0.717) is 37.3 Å². The van der Waals surface area contributed by atoms with Crippen LogP contribution < -0.4 is 5.32 Å². The van der Waals surface area contributed by atoms with Gasteiger partial charge in [-0.2, -0.15) is 0 Å². The Morgan fingerprint density at radius 1 is 1.18 bits per heavy atom. The van der Waals surface area contributed by atoms with Gasteiger partial charge in [0, 0.05) is 11.9 Å². The molecule has 1 N–H and O–H groups in total. The van der Waals surface area contributed by atoms with E-state index in [1.807, 2.05) is 0 Å². The van der Waals surface area contributed by atoms with E-state index in [0.717, 1.165) is 11.3 Å². The van der Waals surface area contributed by atoms with Crippen molar-refractivity contribution in [3.63, 3.8) is 0 Å². The lowest BCUT2D eigenvalue weighted by molar-refractivity contribution is 0.102. The molecule has 1 amide bonds. The highest BCUT2D eigenvalue weighted by Crippen LogP contribution is 2.28. The lowest BCUT2D eigenvalue weighted by Crippen LogP contribution is -2.11. The predicted octanol–water partition coefficient (Wildman–Crippen LogP) is 4.57. The van der Waals surface area contributed by atoms with Crippen LogP contribution in [0, 0.1) is 5.82 Å². The summed E-state index contributed by atoms with van der Waals surface area (Å²) in [6.07, 6.45) is 1.67. The van der Waals surface area contributed by atoms with Crippen molar-refractivity contribution in [1.29, 1.82) is 0 Å². The van der Waals surface area contributed by atoms with Crippen molar-refractivity contribution < 1.29 is 9.18 Å². The topological polar surface area (TPSA) is 85.1 Å². The van der Waals surface area contributed by atoms with Gasteiger partial charge in [0.15, 0.2) is 10.8 Å². The molecule has 0 saturated carbocycles. The summed E-state index contributed by atoms with van der Waals surface area (Å²) in [5.74, 6) is -0.351. The van der Waals surface area contributed by atoms with Crippen molar-refractivity contribution in [2.24, 2.45) is 0 Å². The number of carbonyl (C=O) groups excluding carboxylic acids is 1. The highest BCUT2D eigenvalue weighted by atomic mass is 35.5. The van der Waals surface area contributed by atoms with Crippen molar-refractivity contribution in [2.75, 3.05) is 5.32 Å². The first-order chi connectivity index (χ1) is 13.5. The Balaban J connectivity index is 1.44. The molecule has 4 rings (SSSR count). The molecule has 3 heterocycles. The number of hydrogen-bond donors (Lipinski definition) is 1. The molecule has 1 aromatic carbocycles. The third kappa shape index (κ3) is 4.09. The van der Waals surface area contributed by atoms with Crippen LogP contribution in [0.1, 0.15) is 14.8 Å². The maximum Gasteiger partial charge on any atom is 0.286 e. The Kier molecular flexibility index (Phi) is 5.44. The van der Waals surface area contributed by atoms with E-state index >= 15 is 0 Å². The lowest BCUT2D eigenvalue weighted by atomic mass is 10.3. The quantitative estimate of drug-likeness (QED) is 0.444. The molecule has 4 aromatic rings. The molecule has 0 aliphatic carbocycles. The Labute approximate surface area is 175 Å². The van der Waals surface area contributed by atoms with Gasteiger partial charge in [0.25, 0.3) is 5.91 Å². The standard InChI is InChI=1S/C16H9Cl2FN6OS2/c17-8-5-11(18)13-22-24-16(25(13)6-8)27-7-12-21-23-15(28-12)14(26)20-10-3-1-9(19)2-4-10/h1-6H,7H2,(H,20,26). The molecule has 0 bridgehead atoms. The molecule has 28 heavy (non-hydrogen) atoms. The minimum Gasteiger partial charge on any atom is -0.320 e. The fourth-order valence-corrected chi connectivity index (χ4v) is 4.39. The van der Waals surface area contributed by atoms with E-state index in [4.69, 9.17) is 23.2 Å². The summed E-state index contributed by atoms with van der Waals surface area (Å²) in [4.78, 5) is 12.2. The number of pyridine rings is 1. The van der Waals surface area contributed by atoms with Gasteiger partial charge in [0.2, 0.25) is 5.01 Å². The van der Waals surface area contributed by atoms with E-state index in [1.165, 1.54) is 36.0 Å². The van der Waals surface area contributed by atoms with Gasteiger partial charge in [-0.15, -0.1) is 20.4 Å². The van der Waals surface area contributed by atoms with Crippen molar-refractivity contribution in [2.45, 2.75) is 10.9 Å². The maximum atomic E-state index is 12.9. The summed E-state index contributed by atoms with van der Waals surface area (Å²) in [5, 5.41) is 21.0. The second kappa shape index (κ2) is 8.00. The third-order valence-corrected chi connectivity index (χ3v) is 6.03. The van der Waals surface area contributed by atoms with Gasteiger partial charge < -0.3 is 5.32 Å². The molecular weight excluding hydrogens is 446 g/mol. The fraction of sp³-hybridized carbons (Fsp3) is 0.0625. The van der Waals surface area contributed by atoms with Crippen LogP contribution in [0.5, 0.6) is 0 Å². The third-order valence-electron chi connectivity index (χ3n) is 3.48. The molecule has 0 saturated heterocycles. The van der Waals surface area contributed by atoms with Crippen LogP contribution in [0.2, 0.25) is 10.0 Å². The number of amides is 1. The number of fused-ring (bicyclic) bond motifs is 1. The van der Waals surface area contributed by atoms with Crippen molar-refractivity contribution >= 4 is 63.5 Å². The molecule has 0 unspecified atom stereocenters. The van der Waals surface area contributed by atoms with E-state index in [-0.39, 0.29) is 10.8 Å². The first-order valence-corrected chi connectivity index (χ1v) is 10.3. The summed E-state index contributed by atoms with van der Waals surface area (Å²) < 4.78 is 14.6. The Bertz CT molecular complexity index is 1160. The zero-order valence-corrected chi connectivity index (χ0v) is 16.9. The summed E-state index contributed by atoms with van der Waals surface area (Å²) in [7, 11) is 0.